The second-order valence-corrected chi connectivity index (χ2v) is 8.67. The zero-order valence-electron chi connectivity index (χ0n) is 17.7. The topological polar surface area (TPSA) is 64.1 Å². The fraction of sp³-hybridized carbons (Fsp3) is 0.522. The predicted octanol–water partition coefficient (Wildman–Crippen LogP) is 3.48. The van der Waals surface area contributed by atoms with Crippen LogP contribution in [0.25, 0.3) is 0 Å². The van der Waals surface area contributed by atoms with Crippen LogP contribution >= 0.6 is 0 Å². The van der Waals surface area contributed by atoms with E-state index in [0.717, 1.165) is 16.8 Å². The molecule has 162 valence electrons. The first-order chi connectivity index (χ1) is 14.3. The molecule has 7 heteroatoms. The van der Waals surface area contributed by atoms with Crippen molar-refractivity contribution in [1.29, 1.82) is 0 Å². The van der Waals surface area contributed by atoms with E-state index in [9.17, 15) is 9.50 Å². The molecule has 2 unspecified atom stereocenters. The average Bonchev–Trinajstić information content (AvgIpc) is 3.16. The lowest BCUT2D eigenvalue weighted by molar-refractivity contribution is -0.0965. The highest BCUT2D eigenvalue weighted by Gasteiger charge is 2.52. The number of aromatic nitrogens is 1. The molecular weight excluding hydrogens is 387 g/mol. The summed E-state index contributed by atoms with van der Waals surface area (Å²) in [6.45, 7) is 6.24. The Balaban J connectivity index is 1.46. The maximum Gasteiger partial charge on any atom is 0.148 e. The summed E-state index contributed by atoms with van der Waals surface area (Å²) in [7, 11) is 0. The highest BCUT2D eigenvalue weighted by Crippen LogP contribution is 2.43. The first kappa shape index (κ1) is 21.2. The first-order valence-corrected chi connectivity index (χ1v) is 10.3. The van der Waals surface area contributed by atoms with Gasteiger partial charge in [-0.2, -0.15) is 0 Å². The molecule has 0 aliphatic carbocycles. The minimum Gasteiger partial charge on any atom is -0.490 e. The van der Waals surface area contributed by atoms with Crippen molar-refractivity contribution in [3.63, 3.8) is 0 Å². The lowest BCUT2D eigenvalue weighted by Crippen LogP contribution is -2.53. The fourth-order valence-electron chi connectivity index (χ4n) is 4.15. The quantitative estimate of drug-likeness (QED) is 0.778. The van der Waals surface area contributed by atoms with Gasteiger partial charge in [-0.05, 0) is 62.6 Å². The number of fused-ring (bicyclic) bond motifs is 1. The molecule has 1 aromatic carbocycles. The number of aliphatic hydroxyl groups is 1. The van der Waals surface area contributed by atoms with E-state index in [1.165, 1.54) is 13.8 Å². The van der Waals surface area contributed by atoms with Gasteiger partial charge in [-0.15, -0.1) is 0 Å². The lowest BCUT2D eigenvalue weighted by Gasteiger charge is -2.42. The number of aryl methyl sites for hydroxylation is 1. The number of aliphatic hydroxyl groups excluding tert-OH is 1. The van der Waals surface area contributed by atoms with E-state index in [0.29, 0.717) is 25.3 Å². The van der Waals surface area contributed by atoms with Gasteiger partial charge in [0.05, 0.1) is 5.69 Å². The van der Waals surface area contributed by atoms with Gasteiger partial charge in [0.1, 0.15) is 42.8 Å². The van der Waals surface area contributed by atoms with Crippen molar-refractivity contribution in [2.45, 2.75) is 50.8 Å². The maximum absolute atomic E-state index is 13.7. The molecule has 2 fully saturated rings. The number of hydrogen-bond acceptors (Lipinski definition) is 6. The van der Waals surface area contributed by atoms with Crippen LogP contribution in [0.1, 0.15) is 43.3 Å². The van der Waals surface area contributed by atoms with Crippen molar-refractivity contribution in [2.75, 3.05) is 26.5 Å². The molecule has 3 atom stereocenters. The van der Waals surface area contributed by atoms with Gasteiger partial charge in [0.2, 0.25) is 0 Å². The molecule has 2 aliphatic rings. The van der Waals surface area contributed by atoms with Gasteiger partial charge in [0.15, 0.2) is 0 Å². The Morgan fingerprint density at radius 3 is 2.90 bits per heavy atom. The van der Waals surface area contributed by atoms with E-state index in [1.807, 2.05) is 42.2 Å². The summed E-state index contributed by atoms with van der Waals surface area (Å²) >= 11 is 0. The molecule has 2 aliphatic heterocycles. The molecule has 0 bridgehead atoms. The van der Waals surface area contributed by atoms with Crippen LogP contribution in [0.4, 0.5) is 4.39 Å². The molecule has 1 N–H and O–H groups in total. The number of ether oxygens (including phenoxy) is 3. The zero-order chi connectivity index (χ0) is 21.4. The van der Waals surface area contributed by atoms with Crippen molar-refractivity contribution >= 4 is 0 Å². The smallest absolute Gasteiger partial charge is 0.148 e. The summed E-state index contributed by atoms with van der Waals surface area (Å²) in [6.07, 6.45) is 1.46. The van der Waals surface area contributed by atoms with E-state index in [4.69, 9.17) is 14.2 Å². The number of piperidine rings is 1. The Bertz CT molecular complexity index is 873. The van der Waals surface area contributed by atoms with E-state index in [2.05, 4.69) is 4.98 Å². The van der Waals surface area contributed by atoms with Gasteiger partial charge >= 0.3 is 0 Å². The summed E-state index contributed by atoms with van der Waals surface area (Å²) in [5.41, 5.74) is 0.529. The van der Waals surface area contributed by atoms with Gasteiger partial charge in [-0.25, -0.2) is 4.39 Å². The summed E-state index contributed by atoms with van der Waals surface area (Å²) < 4.78 is 31.2. The van der Waals surface area contributed by atoms with Crippen molar-refractivity contribution in [3.8, 4) is 5.75 Å². The second-order valence-electron chi connectivity index (χ2n) is 8.67. The molecule has 2 aromatic rings. The molecule has 0 radical (unpaired) electrons. The van der Waals surface area contributed by atoms with Crippen LogP contribution in [0.2, 0.25) is 0 Å². The van der Waals surface area contributed by atoms with Crippen molar-refractivity contribution in [2.24, 2.45) is 0 Å². The summed E-state index contributed by atoms with van der Waals surface area (Å²) in [6, 6.07) is 11.3. The molecular formula is C23H29FN2O4. The monoisotopic (exact) mass is 416 g/mol. The Kier molecular flexibility index (Phi) is 5.81. The van der Waals surface area contributed by atoms with Gasteiger partial charge < -0.3 is 19.3 Å². The third-order valence-corrected chi connectivity index (χ3v) is 5.79. The number of rotatable bonds is 6. The SMILES string of the molecule is Cc1cc(C(O)N2CC[C@]3(c4ccccn4)OCOC3C2)ccc1OCC(C)(C)F. The molecule has 6 nitrogen and oxygen atoms in total. The summed E-state index contributed by atoms with van der Waals surface area (Å²) in [5.74, 6) is 0.622. The molecule has 1 aromatic heterocycles. The van der Waals surface area contributed by atoms with Crippen LogP contribution in [0.3, 0.4) is 0 Å². The van der Waals surface area contributed by atoms with E-state index in [1.54, 1.807) is 12.3 Å². The van der Waals surface area contributed by atoms with Gasteiger partial charge in [0.25, 0.3) is 0 Å². The maximum atomic E-state index is 13.7. The molecule has 0 saturated carbocycles. The highest BCUT2D eigenvalue weighted by atomic mass is 19.1. The number of pyridine rings is 1. The molecule has 4 rings (SSSR count). The standard InChI is InChI=1S/C23H29FN2O4/c1-16-12-17(7-8-18(16)28-14-22(2,3)24)21(27)26-11-9-23(19-6-4-5-10-25-19)20(13-26)29-15-30-23/h4-8,10,12,20-21,27H,9,11,13-15H2,1-3H3/t20?,21?,23-/m1/s1. The number of alkyl halides is 1. The van der Waals surface area contributed by atoms with E-state index in [-0.39, 0.29) is 19.5 Å². The third-order valence-electron chi connectivity index (χ3n) is 5.79. The van der Waals surface area contributed by atoms with Crippen LogP contribution in [-0.4, -0.2) is 53.3 Å². The van der Waals surface area contributed by atoms with Gasteiger partial charge in [0, 0.05) is 19.3 Å². The summed E-state index contributed by atoms with van der Waals surface area (Å²) in [5, 5.41) is 11.0. The lowest BCUT2D eigenvalue weighted by atomic mass is 9.84. The van der Waals surface area contributed by atoms with Crippen molar-refractivity contribution in [3.05, 3.63) is 59.4 Å². The minimum absolute atomic E-state index is 0.0174. The molecule has 0 spiro atoms. The van der Waals surface area contributed by atoms with Crippen molar-refractivity contribution < 1.29 is 23.7 Å². The highest BCUT2D eigenvalue weighted by molar-refractivity contribution is 5.37. The Hall–Kier alpha value is -2.06. The van der Waals surface area contributed by atoms with Gasteiger partial charge in [-0.3, -0.25) is 9.88 Å². The van der Waals surface area contributed by atoms with E-state index < -0.39 is 17.5 Å². The molecule has 0 amide bonds. The van der Waals surface area contributed by atoms with Crippen LogP contribution < -0.4 is 4.74 Å². The molecule has 3 heterocycles. The first-order valence-electron chi connectivity index (χ1n) is 10.3. The Labute approximate surface area is 176 Å². The van der Waals surface area contributed by atoms with Crippen molar-refractivity contribution in [1.82, 2.24) is 9.88 Å². The Morgan fingerprint density at radius 2 is 2.20 bits per heavy atom. The minimum atomic E-state index is -1.40. The number of halogens is 1. The van der Waals surface area contributed by atoms with Crippen LogP contribution in [0, 0.1) is 6.92 Å². The molecule has 2 saturated heterocycles. The van der Waals surface area contributed by atoms with Crippen LogP contribution in [-0.2, 0) is 15.1 Å². The average molecular weight is 416 g/mol. The normalized spacial score (nSPS) is 25.7. The van der Waals surface area contributed by atoms with E-state index >= 15 is 0 Å². The fourth-order valence-corrected chi connectivity index (χ4v) is 4.15. The largest absolute Gasteiger partial charge is 0.490 e. The zero-order valence-corrected chi connectivity index (χ0v) is 17.7. The number of benzene rings is 1. The Morgan fingerprint density at radius 1 is 1.37 bits per heavy atom. The third kappa shape index (κ3) is 4.21. The summed E-state index contributed by atoms with van der Waals surface area (Å²) in [4.78, 5) is 6.48. The van der Waals surface area contributed by atoms with Crippen LogP contribution in [0.5, 0.6) is 5.75 Å². The number of likely N-dealkylation sites (tertiary alicyclic amines) is 1. The van der Waals surface area contributed by atoms with Crippen LogP contribution in [0.15, 0.2) is 42.6 Å². The number of nitrogens with zero attached hydrogens (tertiary/aromatic N) is 2. The number of hydrogen-bond donors (Lipinski definition) is 1. The second kappa shape index (κ2) is 8.23. The molecule has 30 heavy (non-hydrogen) atoms. The van der Waals surface area contributed by atoms with Gasteiger partial charge in [-0.1, -0.05) is 12.1 Å². The predicted molar refractivity (Wildman–Crippen MR) is 110 cm³/mol.